The van der Waals surface area contributed by atoms with Gasteiger partial charge in [0.15, 0.2) is 0 Å². The van der Waals surface area contributed by atoms with Gasteiger partial charge in [-0.25, -0.2) is 4.79 Å². The number of carbonyl (C=O) groups is 1. The van der Waals surface area contributed by atoms with Crippen molar-refractivity contribution in [3.8, 4) is 11.4 Å². The molecule has 4 heterocycles. The van der Waals surface area contributed by atoms with Crippen molar-refractivity contribution in [2.75, 3.05) is 32.7 Å². The van der Waals surface area contributed by atoms with E-state index in [0.29, 0.717) is 18.3 Å². The van der Waals surface area contributed by atoms with Gasteiger partial charge in [-0.05, 0) is 55.7 Å². The molecule has 0 spiro atoms. The summed E-state index contributed by atoms with van der Waals surface area (Å²) in [5.41, 5.74) is 2.39. The van der Waals surface area contributed by atoms with Crippen LogP contribution in [0.3, 0.4) is 0 Å². The third-order valence-corrected chi connectivity index (χ3v) is 7.86. The molecule has 0 radical (unpaired) electrons. The SMILES string of the molecule is Cc1nc(-c2ccc3c(c2)[nH]c(=O)n3C2CCN(CC(=O)N3C[C@H]4CCC[C@H]4C3)CC2)no1. The van der Waals surface area contributed by atoms with Crippen LogP contribution in [0.2, 0.25) is 0 Å². The Balaban J connectivity index is 1.11. The maximum atomic E-state index is 12.8. The number of hydrogen-bond donors (Lipinski definition) is 1. The topological polar surface area (TPSA) is 100 Å². The van der Waals surface area contributed by atoms with Crippen molar-refractivity contribution in [3.05, 3.63) is 34.6 Å². The fourth-order valence-electron chi connectivity index (χ4n) is 6.11. The van der Waals surface area contributed by atoms with Crippen molar-refractivity contribution in [1.82, 2.24) is 29.5 Å². The Bertz CT molecular complexity index is 1220. The molecule has 2 atom stereocenters. The van der Waals surface area contributed by atoms with Crippen LogP contribution in [0.1, 0.15) is 44.0 Å². The number of aromatic nitrogens is 4. The Morgan fingerprint density at radius 1 is 1.15 bits per heavy atom. The van der Waals surface area contributed by atoms with Gasteiger partial charge in [-0.3, -0.25) is 14.3 Å². The van der Waals surface area contributed by atoms with Crippen molar-refractivity contribution in [2.24, 2.45) is 11.8 Å². The van der Waals surface area contributed by atoms with E-state index in [1.807, 2.05) is 22.8 Å². The molecule has 1 amide bonds. The molecule has 3 fully saturated rings. The Morgan fingerprint density at radius 2 is 1.91 bits per heavy atom. The van der Waals surface area contributed by atoms with Crippen LogP contribution in [0, 0.1) is 18.8 Å². The summed E-state index contributed by atoms with van der Waals surface area (Å²) in [6, 6.07) is 5.91. The number of piperidine rings is 1. The van der Waals surface area contributed by atoms with Crippen molar-refractivity contribution in [2.45, 2.75) is 45.1 Å². The summed E-state index contributed by atoms with van der Waals surface area (Å²) in [5.74, 6) is 2.77. The number of likely N-dealkylation sites (tertiary alicyclic amines) is 2. The molecule has 2 aromatic heterocycles. The van der Waals surface area contributed by atoms with Crippen molar-refractivity contribution >= 4 is 16.9 Å². The van der Waals surface area contributed by atoms with Crippen LogP contribution in [0.25, 0.3) is 22.4 Å². The standard InChI is InChI=1S/C24H30N6O3/c1-15-25-23(27-33-15)16-5-6-21-20(11-16)26-24(32)30(21)19-7-9-28(10-8-19)14-22(31)29-12-17-3-2-4-18(17)13-29/h5-6,11,17-19H,2-4,7-10,12-14H2,1H3,(H,26,32)/t17-,18+. The Labute approximate surface area is 191 Å². The van der Waals surface area contributed by atoms with E-state index in [2.05, 4.69) is 24.9 Å². The minimum atomic E-state index is -0.0930. The fraction of sp³-hybridized carbons (Fsp3) is 0.583. The molecule has 9 nitrogen and oxygen atoms in total. The number of hydrogen-bond acceptors (Lipinski definition) is 6. The molecule has 33 heavy (non-hydrogen) atoms. The number of H-pyrrole nitrogens is 1. The summed E-state index contributed by atoms with van der Waals surface area (Å²) in [6.07, 6.45) is 5.62. The number of carbonyl (C=O) groups excluding carboxylic acids is 1. The van der Waals surface area contributed by atoms with Crippen LogP contribution >= 0.6 is 0 Å². The summed E-state index contributed by atoms with van der Waals surface area (Å²) < 4.78 is 6.95. The van der Waals surface area contributed by atoms with Gasteiger partial charge in [0.2, 0.25) is 17.6 Å². The summed E-state index contributed by atoms with van der Waals surface area (Å²) in [7, 11) is 0. The van der Waals surface area contributed by atoms with Gasteiger partial charge in [0.05, 0.1) is 17.6 Å². The molecule has 1 N–H and O–H groups in total. The molecule has 3 aliphatic rings. The van der Waals surface area contributed by atoms with E-state index in [1.165, 1.54) is 19.3 Å². The summed E-state index contributed by atoms with van der Waals surface area (Å²) >= 11 is 0. The van der Waals surface area contributed by atoms with E-state index in [9.17, 15) is 9.59 Å². The number of nitrogens with one attached hydrogen (secondary N) is 1. The lowest BCUT2D eigenvalue weighted by Crippen LogP contribution is -2.44. The number of aryl methyl sites for hydroxylation is 1. The number of aromatic amines is 1. The van der Waals surface area contributed by atoms with Crippen molar-refractivity contribution in [3.63, 3.8) is 0 Å². The van der Waals surface area contributed by atoms with Gasteiger partial charge >= 0.3 is 5.69 Å². The molecule has 174 valence electrons. The Kier molecular flexibility index (Phi) is 5.09. The van der Waals surface area contributed by atoms with Crippen LogP contribution < -0.4 is 5.69 Å². The molecule has 0 unspecified atom stereocenters. The molecule has 0 bridgehead atoms. The maximum Gasteiger partial charge on any atom is 0.326 e. The van der Waals surface area contributed by atoms with Crippen molar-refractivity contribution < 1.29 is 9.32 Å². The van der Waals surface area contributed by atoms with Crippen LogP contribution in [0.15, 0.2) is 27.5 Å². The predicted molar refractivity (Wildman–Crippen MR) is 123 cm³/mol. The van der Waals surface area contributed by atoms with Gasteiger partial charge in [0, 0.05) is 44.7 Å². The molecule has 2 saturated heterocycles. The zero-order valence-corrected chi connectivity index (χ0v) is 19.0. The average molecular weight is 451 g/mol. The average Bonchev–Trinajstić information content (AvgIpc) is 3.56. The first-order valence-corrected chi connectivity index (χ1v) is 12.1. The summed E-state index contributed by atoms with van der Waals surface area (Å²) in [4.78, 5) is 37.2. The number of benzene rings is 1. The van der Waals surface area contributed by atoms with Gasteiger partial charge in [-0.15, -0.1) is 0 Å². The second kappa shape index (κ2) is 8.13. The van der Waals surface area contributed by atoms with E-state index in [4.69, 9.17) is 4.52 Å². The fourth-order valence-corrected chi connectivity index (χ4v) is 6.11. The van der Waals surface area contributed by atoms with Crippen LogP contribution in [-0.2, 0) is 4.79 Å². The highest BCUT2D eigenvalue weighted by Crippen LogP contribution is 2.37. The number of amides is 1. The lowest BCUT2D eigenvalue weighted by atomic mass is 10.0. The van der Waals surface area contributed by atoms with E-state index in [0.717, 1.165) is 67.5 Å². The zero-order chi connectivity index (χ0) is 22.5. The molecule has 3 aromatic rings. The Morgan fingerprint density at radius 3 is 2.61 bits per heavy atom. The first kappa shape index (κ1) is 20.7. The van der Waals surface area contributed by atoms with E-state index < -0.39 is 0 Å². The minimum Gasteiger partial charge on any atom is -0.341 e. The van der Waals surface area contributed by atoms with E-state index in [1.54, 1.807) is 6.92 Å². The lowest BCUT2D eigenvalue weighted by Gasteiger charge is -2.33. The lowest BCUT2D eigenvalue weighted by molar-refractivity contribution is -0.132. The molecular weight excluding hydrogens is 420 g/mol. The smallest absolute Gasteiger partial charge is 0.326 e. The summed E-state index contributed by atoms with van der Waals surface area (Å²) in [5, 5.41) is 3.97. The number of nitrogens with zero attached hydrogens (tertiary/aromatic N) is 5. The van der Waals surface area contributed by atoms with Crippen LogP contribution in [0.5, 0.6) is 0 Å². The first-order chi connectivity index (χ1) is 16.0. The van der Waals surface area contributed by atoms with Gasteiger partial charge < -0.3 is 14.4 Å². The van der Waals surface area contributed by atoms with E-state index in [-0.39, 0.29) is 17.6 Å². The number of rotatable bonds is 4. The first-order valence-electron chi connectivity index (χ1n) is 12.1. The molecule has 1 aliphatic carbocycles. The van der Waals surface area contributed by atoms with Crippen LogP contribution in [0.4, 0.5) is 0 Å². The molecule has 9 heteroatoms. The van der Waals surface area contributed by atoms with Gasteiger partial charge in [0.25, 0.3) is 0 Å². The van der Waals surface area contributed by atoms with Gasteiger partial charge in [-0.1, -0.05) is 11.6 Å². The quantitative estimate of drug-likeness (QED) is 0.656. The summed E-state index contributed by atoms with van der Waals surface area (Å²) in [6.45, 7) is 5.82. The number of imidazole rings is 1. The third kappa shape index (κ3) is 3.78. The second-order valence-electron chi connectivity index (χ2n) is 9.93. The minimum absolute atomic E-state index is 0.0930. The van der Waals surface area contributed by atoms with Crippen LogP contribution in [-0.4, -0.2) is 68.1 Å². The predicted octanol–water partition coefficient (Wildman–Crippen LogP) is 2.58. The highest BCUT2D eigenvalue weighted by molar-refractivity contribution is 5.81. The Hall–Kier alpha value is -2.94. The van der Waals surface area contributed by atoms with Crippen molar-refractivity contribution in [1.29, 1.82) is 0 Å². The molecule has 1 saturated carbocycles. The molecule has 2 aliphatic heterocycles. The molecule has 1 aromatic carbocycles. The highest BCUT2D eigenvalue weighted by Gasteiger charge is 2.38. The molecule has 6 rings (SSSR count). The number of fused-ring (bicyclic) bond motifs is 2. The molecular formula is C24H30N6O3. The zero-order valence-electron chi connectivity index (χ0n) is 19.0. The highest BCUT2D eigenvalue weighted by atomic mass is 16.5. The normalized spacial score (nSPS) is 24.1. The van der Waals surface area contributed by atoms with E-state index >= 15 is 0 Å². The monoisotopic (exact) mass is 450 g/mol. The third-order valence-electron chi connectivity index (χ3n) is 7.86. The van der Waals surface area contributed by atoms with Gasteiger partial charge in [0.1, 0.15) is 0 Å². The largest absolute Gasteiger partial charge is 0.341 e. The van der Waals surface area contributed by atoms with Gasteiger partial charge in [-0.2, -0.15) is 4.98 Å². The maximum absolute atomic E-state index is 12.8. The second-order valence-corrected chi connectivity index (χ2v) is 9.93.